The van der Waals surface area contributed by atoms with Gasteiger partial charge in [0, 0.05) is 37.4 Å². The maximum Gasteiger partial charge on any atom is 0.129 e. The Hall–Kier alpha value is -1.25. The van der Waals surface area contributed by atoms with Crippen molar-refractivity contribution >= 4 is 69.8 Å². The van der Waals surface area contributed by atoms with E-state index in [-0.39, 0.29) is 0 Å². The van der Waals surface area contributed by atoms with E-state index in [4.69, 9.17) is 0 Å². The van der Waals surface area contributed by atoms with Crippen LogP contribution in [-0.2, 0) is 6.54 Å². The Morgan fingerprint density at radius 3 is 1.36 bits per heavy atom. The number of nitrogens with zero attached hydrogens (tertiary/aromatic N) is 1. The Labute approximate surface area is 289 Å². The molecule has 5 heteroatoms. The average molecular weight is 756 g/mol. The standard InChI is InChI=1S/C39H57Br2NSi2/c1-9-11-13-15-17-19-21-31(20-18-16-14-12-10-2)30-42-38-28-36(40)32(22-24-43(3,4)5)26-34(38)35-27-33(23-25-44(6,7)8)37(41)29-39(35)42/h26-29,31H,9-21,30H2,1-8H3. The third-order valence-electron chi connectivity index (χ3n) is 8.31. The van der Waals surface area contributed by atoms with Gasteiger partial charge in [-0.25, -0.2) is 0 Å². The molecule has 0 spiro atoms. The Balaban J connectivity index is 2.09. The first-order valence-corrected chi connectivity index (χ1v) is 25.9. The number of hydrogen-bond donors (Lipinski definition) is 0. The van der Waals surface area contributed by atoms with Crippen LogP contribution in [0.2, 0.25) is 39.3 Å². The van der Waals surface area contributed by atoms with Crippen LogP contribution >= 0.6 is 31.9 Å². The molecule has 44 heavy (non-hydrogen) atoms. The van der Waals surface area contributed by atoms with Gasteiger partial charge in [-0.05, 0) is 74.9 Å². The van der Waals surface area contributed by atoms with Crippen LogP contribution in [0.15, 0.2) is 33.2 Å². The summed E-state index contributed by atoms with van der Waals surface area (Å²) < 4.78 is 4.83. The summed E-state index contributed by atoms with van der Waals surface area (Å²) >= 11 is 7.86. The second kappa shape index (κ2) is 17.6. The predicted octanol–water partition coefficient (Wildman–Crippen LogP) is 13.5. The molecule has 0 fully saturated rings. The van der Waals surface area contributed by atoms with E-state index >= 15 is 0 Å². The van der Waals surface area contributed by atoms with E-state index in [2.05, 4.69) is 137 Å². The lowest BCUT2D eigenvalue weighted by Crippen LogP contribution is -2.16. The van der Waals surface area contributed by atoms with E-state index in [0.717, 1.165) is 26.6 Å². The number of halogens is 2. The van der Waals surface area contributed by atoms with Crippen molar-refractivity contribution in [1.82, 2.24) is 4.57 Å². The Kier molecular flexibility index (Phi) is 14.9. The van der Waals surface area contributed by atoms with E-state index in [1.165, 1.54) is 105 Å². The molecule has 0 aliphatic rings. The summed E-state index contributed by atoms with van der Waals surface area (Å²) in [6.45, 7) is 19.6. The molecule has 1 atom stereocenters. The fourth-order valence-corrected chi connectivity index (χ4v) is 7.75. The molecule has 0 amide bonds. The van der Waals surface area contributed by atoms with Gasteiger partial charge in [0.15, 0.2) is 0 Å². The second-order valence-electron chi connectivity index (χ2n) is 14.9. The quantitative estimate of drug-likeness (QED) is 0.0827. The fourth-order valence-electron chi connectivity index (χ4n) is 5.87. The number of hydrogen-bond acceptors (Lipinski definition) is 0. The third-order valence-corrected chi connectivity index (χ3v) is 11.4. The molecule has 240 valence electrons. The molecule has 3 aromatic rings. The molecule has 1 heterocycles. The fraction of sp³-hybridized carbons (Fsp3) is 0.590. The van der Waals surface area contributed by atoms with Crippen LogP contribution in [0.3, 0.4) is 0 Å². The van der Waals surface area contributed by atoms with E-state index in [1.807, 2.05) is 0 Å². The predicted molar refractivity (Wildman–Crippen MR) is 210 cm³/mol. The monoisotopic (exact) mass is 753 g/mol. The highest BCUT2D eigenvalue weighted by Gasteiger charge is 2.19. The molecule has 1 aromatic heterocycles. The molecule has 0 aliphatic heterocycles. The Morgan fingerprint density at radius 1 is 0.591 bits per heavy atom. The first-order chi connectivity index (χ1) is 20.8. The zero-order valence-corrected chi connectivity index (χ0v) is 34.2. The van der Waals surface area contributed by atoms with E-state index in [0.29, 0.717) is 5.92 Å². The summed E-state index contributed by atoms with van der Waals surface area (Å²) in [5.74, 6) is 7.79. The second-order valence-corrected chi connectivity index (χ2v) is 26.1. The summed E-state index contributed by atoms with van der Waals surface area (Å²) in [4.78, 5) is 0. The summed E-state index contributed by atoms with van der Waals surface area (Å²) in [6, 6.07) is 9.35. The van der Waals surface area contributed by atoms with E-state index < -0.39 is 16.1 Å². The van der Waals surface area contributed by atoms with Gasteiger partial charge in [-0.2, -0.15) is 0 Å². The molecule has 1 unspecified atom stereocenters. The normalized spacial score (nSPS) is 12.7. The molecular formula is C39H57Br2NSi2. The van der Waals surface area contributed by atoms with Crippen LogP contribution < -0.4 is 0 Å². The van der Waals surface area contributed by atoms with Crippen molar-refractivity contribution < 1.29 is 0 Å². The van der Waals surface area contributed by atoms with Crippen LogP contribution in [0.25, 0.3) is 21.8 Å². The molecule has 0 radical (unpaired) electrons. The minimum Gasteiger partial charge on any atom is -0.340 e. The number of fused-ring (bicyclic) bond motifs is 3. The average Bonchev–Trinajstić information content (AvgIpc) is 3.21. The van der Waals surface area contributed by atoms with Gasteiger partial charge in [-0.15, -0.1) is 11.1 Å². The molecule has 0 saturated heterocycles. The number of rotatable bonds is 15. The van der Waals surface area contributed by atoms with Crippen LogP contribution in [0, 0.1) is 28.8 Å². The maximum atomic E-state index is 3.93. The Bertz CT molecular complexity index is 1400. The molecule has 0 saturated carbocycles. The summed E-state index contributed by atoms with van der Waals surface area (Å²) in [5.41, 5.74) is 12.0. The molecule has 2 aromatic carbocycles. The van der Waals surface area contributed by atoms with Gasteiger partial charge in [0.2, 0.25) is 0 Å². The zero-order chi connectivity index (χ0) is 32.3. The van der Waals surface area contributed by atoms with Crippen molar-refractivity contribution in [3.05, 3.63) is 44.3 Å². The molecule has 3 rings (SSSR count). The number of benzene rings is 2. The smallest absolute Gasteiger partial charge is 0.129 e. The highest BCUT2D eigenvalue weighted by Crippen LogP contribution is 2.37. The van der Waals surface area contributed by atoms with Crippen molar-refractivity contribution in [3.63, 3.8) is 0 Å². The number of aromatic nitrogens is 1. The maximum absolute atomic E-state index is 3.93. The molecule has 0 aliphatic carbocycles. The summed E-state index contributed by atoms with van der Waals surface area (Å²) in [5, 5.41) is 2.60. The minimum atomic E-state index is -1.50. The van der Waals surface area contributed by atoms with Crippen LogP contribution in [0.4, 0.5) is 0 Å². The third kappa shape index (κ3) is 11.8. The zero-order valence-electron chi connectivity index (χ0n) is 29.0. The number of unbranched alkanes of at least 4 members (excludes halogenated alkanes) is 9. The topological polar surface area (TPSA) is 4.93 Å². The van der Waals surface area contributed by atoms with Gasteiger partial charge in [0.05, 0.1) is 11.0 Å². The van der Waals surface area contributed by atoms with Crippen molar-refractivity contribution in [3.8, 4) is 22.9 Å². The minimum absolute atomic E-state index is 0.692. The first kappa shape index (κ1) is 37.2. The lowest BCUT2D eigenvalue weighted by molar-refractivity contribution is 0.365. The van der Waals surface area contributed by atoms with Crippen LogP contribution in [0.5, 0.6) is 0 Å². The highest BCUT2D eigenvalue weighted by molar-refractivity contribution is 9.10. The van der Waals surface area contributed by atoms with Gasteiger partial charge in [-0.3, -0.25) is 0 Å². The van der Waals surface area contributed by atoms with E-state index in [1.54, 1.807) is 0 Å². The van der Waals surface area contributed by atoms with Crippen LogP contribution in [0.1, 0.15) is 108 Å². The SMILES string of the molecule is CCCCCCCCC(CCCCCCC)Cn1c2cc(Br)c(C#C[Si](C)(C)C)cc2c2cc(C#C[Si](C)(C)C)c(Br)cc21. The molecular weight excluding hydrogens is 698 g/mol. The summed E-state index contributed by atoms with van der Waals surface area (Å²) in [6.07, 6.45) is 17.6. The summed E-state index contributed by atoms with van der Waals surface area (Å²) in [7, 11) is -3.00. The van der Waals surface area contributed by atoms with Gasteiger partial charge in [0.1, 0.15) is 16.1 Å². The van der Waals surface area contributed by atoms with Gasteiger partial charge >= 0.3 is 0 Å². The van der Waals surface area contributed by atoms with Crippen molar-refractivity contribution in [2.75, 3.05) is 0 Å². The van der Waals surface area contributed by atoms with Gasteiger partial charge < -0.3 is 4.57 Å². The van der Waals surface area contributed by atoms with Crippen molar-refractivity contribution in [1.29, 1.82) is 0 Å². The molecule has 1 nitrogen and oxygen atoms in total. The Morgan fingerprint density at radius 2 is 0.977 bits per heavy atom. The van der Waals surface area contributed by atoms with Crippen molar-refractivity contribution in [2.24, 2.45) is 5.92 Å². The first-order valence-electron chi connectivity index (χ1n) is 17.3. The van der Waals surface area contributed by atoms with Gasteiger partial charge in [-0.1, -0.05) is 136 Å². The lowest BCUT2D eigenvalue weighted by Gasteiger charge is -2.20. The van der Waals surface area contributed by atoms with Gasteiger partial charge in [0.25, 0.3) is 0 Å². The lowest BCUT2D eigenvalue weighted by atomic mass is 9.94. The molecule has 0 N–H and O–H groups in total. The van der Waals surface area contributed by atoms with E-state index in [9.17, 15) is 0 Å². The largest absolute Gasteiger partial charge is 0.340 e. The van der Waals surface area contributed by atoms with Crippen molar-refractivity contribution in [2.45, 2.75) is 143 Å². The van der Waals surface area contributed by atoms with Crippen LogP contribution in [-0.4, -0.2) is 20.7 Å². The highest BCUT2D eigenvalue weighted by atomic mass is 79.9. The molecule has 0 bridgehead atoms.